The largest absolute Gasteiger partial charge is 0.369 e. The highest BCUT2D eigenvalue weighted by molar-refractivity contribution is 5.91. The Bertz CT molecular complexity index is 443. The van der Waals surface area contributed by atoms with Crippen molar-refractivity contribution in [2.75, 3.05) is 14.2 Å². The van der Waals surface area contributed by atoms with Gasteiger partial charge in [0.15, 0.2) is 0 Å². The normalized spacial score (nSPS) is 12.6. The number of hydrogen-bond donors (Lipinski definition) is 2. The van der Waals surface area contributed by atoms with Crippen LogP contribution in [0.5, 0.6) is 0 Å². The average Bonchev–Trinajstić information content (AvgIpc) is 2.44. The summed E-state index contributed by atoms with van der Waals surface area (Å²) in [5.41, 5.74) is -0.261. The number of rotatable bonds is 5. The van der Waals surface area contributed by atoms with Crippen molar-refractivity contribution in [3.63, 3.8) is 0 Å². The van der Waals surface area contributed by atoms with E-state index in [9.17, 15) is 9.59 Å². The molecule has 0 spiro atoms. The molecule has 0 aliphatic heterocycles. The Hall–Kier alpha value is -1.88. The minimum Gasteiger partial charge on any atom is -0.369 e. The van der Waals surface area contributed by atoms with Gasteiger partial charge < -0.3 is 15.4 Å². The quantitative estimate of drug-likeness (QED) is 0.834. The maximum Gasteiger partial charge on any atom is 0.252 e. The summed E-state index contributed by atoms with van der Waals surface area (Å²) in [5, 5.41) is 5.24. The molecule has 0 radical (unpaired) electrons. The van der Waals surface area contributed by atoms with E-state index in [1.165, 1.54) is 14.2 Å². The third-order valence-corrected chi connectivity index (χ3v) is 2.97. The van der Waals surface area contributed by atoms with Crippen molar-refractivity contribution in [1.29, 1.82) is 0 Å². The van der Waals surface area contributed by atoms with E-state index in [-0.39, 0.29) is 11.8 Å². The van der Waals surface area contributed by atoms with E-state index in [2.05, 4.69) is 10.6 Å². The van der Waals surface area contributed by atoms with Crippen molar-refractivity contribution in [3.8, 4) is 0 Å². The van der Waals surface area contributed by atoms with Gasteiger partial charge in [-0.1, -0.05) is 30.3 Å². The van der Waals surface area contributed by atoms with E-state index < -0.39 is 11.6 Å². The van der Waals surface area contributed by atoms with Crippen LogP contribution in [-0.4, -0.2) is 31.6 Å². The molecule has 1 aromatic rings. The number of nitrogens with one attached hydrogen (secondary N) is 2. The van der Waals surface area contributed by atoms with E-state index in [4.69, 9.17) is 4.74 Å². The van der Waals surface area contributed by atoms with E-state index in [1.54, 1.807) is 26.0 Å². The van der Waals surface area contributed by atoms with Crippen molar-refractivity contribution < 1.29 is 14.3 Å². The van der Waals surface area contributed by atoms with E-state index >= 15 is 0 Å². The van der Waals surface area contributed by atoms with Crippen LogP contribution in [0.25, 0.3) is 0 Å². The van der Waals surface area contributed by atoms with Crippen molar-refractivity contribution in [3.05, 3.63) is 35.9 Å². The second-order valence-corrected chi connectivity index (χ2v) is 4.65. The van der Waals surface area contributed by atoms with Crippen LogP contribution in [0.4, 0.5) is 0 Å². The number of carbonyl (C=O) groups excluding carboxylic acids is 2. The summed E-state index contributed by atoms with van der Waals surface area (Å²) in [6.45, 7) is 3.29. The first-order valence-electron chi connectivity index (χ1n) is 6.05. The van der Waals surface area contributed by atoms with E-state index in [0.29, 0.717) is 0 Å². The fourth-order valence-electron chi connectivity index (χ4n) is 1.49. The maximum atomic E-state index is 12.1. The molecule has 0 bridgehead atoms. The Balaban J connectivity index is 2.95. The first kappa shape index (κ1) is 15.2. The second kappa shape index (κ2) is 6.33. The number of ether oxygens (including phenoxy) is 1. The number of hydrogen-bond acceptors (Lipinski definition) is 3. The highest BCUT2D eigenvalue weighted by Gasteiger charge is 2.31. The summed E-state index contributed by atoms with van der Waals surface area (Å²) in [5.74, 6) is -0.612. The molecule has 0 saturated heterocycles. The van der Waals surface area contributed by atoms with Crippen molar-refractivity contribution in [1.82, 2.24) is 10.6 Å². The lowest BCUT2D eigenvalue weighted by Crippen LogP contribution is -2.48. The minimum absolute atomic E-state index is 0.272. The molecule has 0 aliphatic carbocycles. The molecule has 2 amide bonds. The van der Waals surface area contributed by atoms with Crippen molar-refractivity contribution in [2.45, 2.75) is 25.5 Å². The van der Waals surface area contributed by atoms with Gasteiger partial charge in [0.25, 0.3) is 5.91 Å². The van der Waals surface area contributed by atoms with Crippen LogP contribution in [0, 0.1) is 0 Å². The molecule has 1 atom stereocenters. The predicted octanol–water partition coefficient (Wildman–Crippen LogP) is 1.01. The number of carbonyl (C=O) groups is 2. The first-order valence-corrected chi connectivity index (χ1v) is 6.05. The van der Waals surface area contributed by atoms with Gasteiger partial charge in [-0.2, -0.15) is 0 Å². The Labute approximate surface area is 113 Å². The molecule has 2 N–H and O–H groups in total. The zero-order chi connectivity index (χ0) is 14.5. The lowest BCUT2D eigenvalue weighted by molar-refractivity contribution is -0.142. The van der Waals surface area contributed by atoms with E-state index in [0.717, 1.165) is 5.56 Å². The number of amides is 2. The summed E-state index contributed by atoms with van der Waals surface area (Å²) in [7, 11) is 2.99. The van der Waals surface area contributed by atoms with Crippen molar-refractivity contribution in [2.24, 2.45) is 0 Å². The zero-order valence-electron chi connectivity index (χ0n) is 11.7. The lowest BCUT2D eigenvalue weighted by atomic mass is 10.0. The Morgan fingerprint density at radius 3 is 2.26 bits per heavy atom. The molecule has 1 unspecified atom stereocenters. The van der Waals surface area contributed by atoms with Crippen LogP contribution < -0.4 is 10.6 Å². The molecule has 0 saturated carbocycles. The van der Waals surface area contributed by atoms with Crippen LogP contribution in [0.3, 0.4) is 0 Å². The van der Waals surface area contributed by atoms with E-state index in [1.807, 2.05) is 18.2 Å². The van der Waals surface area contributed by atoms with Gasteiger partial charge in [0, 0.05) is 14.2 Å². The van der Waals surface area contributed by atoms with Gasteiger partial charge in [-0.3, -0.25) is 9.59 Å². The van der Waals surface area contributed by atoms with Gasteiger partial charge in [-0.05, 0) is 19.4 Å². The molecule has 0 aromatic heterocycles. The SMILES string of the molecule is CNC(=O)C(NC(=O)C(C)(C)OC)c1ccccc1. The van der Waals surface area contributed by atoms with Gasteiger partial charge in [0.05, 0.1) is 0 Å². The second-order valence-electron chi connectivity index (χ2n) is 4.65. The summed E-state index contributed by atoms with van der Waals surface area (Å²) < 4.78 is 5.11. The molecule has 1 aromatic carbocycles. The van der Waals surface area contributed by atoms with Crippen LogP contribution in [0.15, 0.2) is 30.3 Å². The molecule has 104 valence electrons. The minimum atomic E-state index is -0.985. The third kappa shape index (κ3) is 3.79. The summed E-state index contributed by atoms with van der Waals surface area (Å²) >= 11 is 0. The first-order chi connectivity index (χ1) is 8.92. The fourth-order valence-corrected chi connectivity index (χ4v) is 1.49. The summed E-state index contributed by atoms with van der Waals surface area (Å²) in [4.78, 5) is 24.0. The molecule has 0 heterocycles. The Morgan fingerprint density at radius 2 is 1.79 bits per heavy atom. The van der Waals surface area contributed by atoms with Crippen LogP contribution in [0.2, 0.25) is 0 Å². The average molecular weight is 264 g/mol. The van der Waals surface area contributed by atoms with Crippen LogP contribution in [0.1, 0.15) is 25.5 Å². The standard InChI is InChI=1S/C14H20N2O3/c1-14(2,19-4)13(18)16-11(12(17)15-3)10-8-6-5-7-9-10/h5-9,11H,1-4H3,(H,15,17)(H,16,18). The molecule has 0 aliphatic rings. The van der Waals surface area contributed by atoms with Gasteiger partial charge in [-0.25, -0.2) is 0 Å². The van der Waals surface area contributed by atoms with Crippen molar-refractivity contribution >= 4 is 11.8 Å². The highest BCUT2D eigenvalue weighted by atomic mass is 16.5. The smallest absolute Gasteiger partial charge is 0.252 e. The van der Waals surface area contributed by atoms with Crippen LogP contribution >= 0.6 is 0 Å². The van der Waals surface area contributed by atoms with Gasteiger partial charge in [-0.15, -0.1) is 0 Å². The predicted molar refractivity (Wildman–Crippen MR) is 72.5 cm³/mol. The maximum absolute atomic E-state index is 12.1. The summed E-state index contributed by atoms with van der Waals surface area (Å²) in [6, 6.07) is 8.34. The summed E-state index contributed by atoms with van der Waals surface area (Å²) in [6.07, 6.45) is 0. The Kier molecular flexibility index (Phi) is 5.06. The topological polar surface area (TPSA) is 67.4 Å². The number of methoxy groups -OCH3 is 1. The molecular weight excluding hydrogens is 244 g/mol. The monoisotopic (exact) mass is 264 g/mol. The third-order valence-electron chi connectivity index (χ3n) is 2.97. The zero-order valence-corrected chi connectivity index (χ0v) is 11.7. The van der Waals surface area contributed by atoms with Gasteiger partial charge >= 0.3 is 0 Å². The molecule has 0 fully saturated rings. The fraction of sp³-hybridized carbons (Fsp3) is 0.429. The number of benzene rings is 1. The highest BCUT2D eigenvalue weighted by Crippen LogP contribution is 2.15. The lowest BCUT2D eigenvalue weighted by Gasteiger charge is -2.25. The Morgan fingerprint density at radius 1 is 1.21 bits per heavy atom. The molecule has 19 heavy (non-hydrogen) atoms. The van der Waals surface area contributed by atoms with Crippen LogP contribution in [-0.2, 0) is 14.3 Å². The van der Waals surface area contributed by atoms with Gasteiger partial charge in [0.2, 0.25) is 5.91 Å². The number of likely N-dealkylation sites (N-methyl/N-ethyl adjacent to an activating group) is 1. The molecule has 5 heteroatoms. The van der Waals surface area contributed by atoms with Gasteiger partial charge in [0.1, 0.15) is 11.6 Å². The molecular formula is C14H20N2O3. The molecule has 5 nitrogen and oxygen atoms in total. The molecule has 1 rings (SSSR count).